The molecule has 1 N–H and O–H groups in total. The predicted octanol–water partition coefficient (Wildman–Crippen LogP) is 11.7. The molecule has 10 saturated carbocycles. The highest BCUT2D eigenvalue weighted by Gasteiger charge is 2.72. The monoisotopic (exact) mass is 1030 g/mol. The van der Waals surface area contributed by atoms with Crippen LogP contribution in [0.5, 0.6) is 0 Å². The summed E-state index contributed by atoms with van der Waals surface area (Å²) in [5, 5.41) is 11.6. The first-order valence-corrected chi connectivity index (χ1v) is 24.8. The van der Waals surface area contributed by atoms with E-state index in [-0.39, 0.29) is 144 Å². The smallest absolute Gasteiger partial charge is 0.318 e. The van der Waals surface area contributed by atoms with Gasteiger partial charge in [0.2, 0.25) is 0 Å². The fourth-order valence-electron chi connectivity index (χ4n) is 17.2. The summed E-state index contributed by atoms with van der Waals surface area (Å²) in [6.45, 7) is 14.8. The Kier molecular flexibility index (Phi) is 19.3. The first-order valence-electron chi connectivity index (χ1n) is 24.8. The molecule has 2 aliphatic heterocycles. The third kappa shape index (κ3) is 11.2. The van der Waals surface area contributed by atoms with Crippen molar-refractivity contribution in [1.29, 1.82) is 0 Å². The first-order chi connectivity index (χ1) is 30.2. The van der Waals surface area contributed by atoms with Gasteiger partial charge in [0.15, 0.2) is 0 Å². The average molecular weight is 1040 g/mol. The summed E-state index contributed by atoms with van der Waals surface area (Å²) in [5.74, 6) is -8.01. The van der Waals surface area contributed by atoms with E-state index >= 15 is 9.59 Å². The summed E-state index contributed by atoms with van der Waals surface area (Å²) in [4.78, 5) is 99.2. The lowest BCUT2D eigenvalue weighted by atomic mass is 9.42. The van der Waals surface area contributed by atoms with E-state index in [1.165, 1.54) is 0 Å². The van der Waals surface area contributed by atoms with Crippen molar-refractivity contribution < 1.29 is 67.1 Å². The molecule has 2 heterocycles. The minimum absolute atomic E-state index is 0. The van der Waals surface area contributed by atoms with Crippen LogP contribution in [0.25, 0.3) is 0 Å². The largest absolute Gasteiger partial charge is 0.465 e. The molecule has 10 bridgehead atoms. The Balaban J connectivity index is 0.00000228. The van der Waals surface area contributed by atoms with Crippen LogP contribution in [0.15, 0.2) is 0 Å². The molecule has 12 rings (SSSR count). The molecule has 12 fully saturated rings. The summed E-state index contributed by atoms with van der Waals surface area (Å²) in [6, 6.07) is 0. The lowest BCUT2D eigenvalue weighted by molar-refractivity contribution is -0.243. The maximum Gasteiger partial charge on any atom is 0.318 e. The molecule has 0 aromatic heterocycles. The molecule has 12 aliphatic rings. The molecule has 14 nitrogen and oxygen atoms in total. The Labute approximate surface area is 441 Å². The maximum absolute atomic E-state index is 15.4. The zero-order valence-electron chi connectivity index (χ0n) is 39.6. The molecular weight excluding hydrogens is 933 g/mol. The van der Waals surface area contributed by atoms with Crippen LogP contribution in [0.3, 0.4) is 0 Å². The normalized spacial score (nSPS) is 41.1. The van der Waals surface area contributed by atoms with Crippen molar-refractivity contribution in [2.45, 2.75) is 239 Å². The molecule has 14 atom stereocenters. The van der Waals surface area contributed by atoms with Gasteiger partial charge in [-0.15, -0.1) is 0 Å². The van der Waals surface area contributed by atoms with Crippen molar-refractivity contribution in [3.63, 3.8) is 0 Å². The number of esters is 7. The number of cyclic esters (lactones) is 3. The van der Waals surface area contributed by atoms with Gasteiger partial charge >= 0.3 is 41.8 Å². The van der Waals surface area contributed by atoms with Crippen molar-refractivity contribution in [3.8, 4) is 0 Å². The van der Waals surface area contributed by atoms with Crippen LogP contribution >= 0.6 is 0 Å². The highest BCUT2D eigenvalue weighted by Crippen LogP contribution is 2.69. The van der Waals surface area contributed by atoms with Gasteiger partial charge < -0.3 is 33.5 Å². The van der Waals surface area contributed by atoms with Crippen molar-refractivity contribution >= 4 is 41.8 Å². The predicted molar refractivity (Wildman–Crippen MR) is 281 cm³/mol. The Morgan fingerprint density at radius 3 is 1.63 bits per heavy atom. The van der Waals surface area contributed by atoms with Gasteiger partial charge in [0.25, 0.3) is 0 Å². The third-order valence-electron chi connectivity index (χ3n) is 18.4. The van der Waals surface area contributed by atoms with Gasteiger partial charge in [-0.3, -0.25) is 33.6 Å². The van der Waals surface area contributed by atoms with Gasteiger partial charge in [0.1, 0.15) is 22.4 Å². The minimum atomic E-state index is -1.32. The Morgan fingerprint density at radius 1 is 0.616 bits per heavy atom. The number of fused-ring (bicyclic) bond motifs is 5. The van der Waals surface area contributed by atoms with Gasteiger partial charge in [0, 0.05) is 25.2 Å². The van der Waals surface area contributed by atoms with E-state index in [0.29, 0.717) is 64.4 Å². The summed E-state index contributed by atoms with van der Waals surface area (Å²) < 4.78 is 36.4. The quantitative estimate of drug-likeness (QED) is 0.117. The molecule has 0 amide bonds. The lowest BCUT2D eigenvalue weighted by Gasteiger charge is -2.63. The number of aliphatic hydroxyl groups is 1. The first kappa shape index (κ1) is 65.6. The van der Waals surface area contributed by atoms with Gasteiger partial charge in [-0.05, 0) is 160 Å². The number of rotatable bonds is 11. The highest BCUT2D eigenvalue weighted by atomic mass is 16.6. The van der Waals surface area contributed by atoms with E-state index in [1.807, 2.05) is 0 Å². The second kappa shape index (κ2) is 21.5. The fourth-order valence-corrected chi connectivity index (χ4v) is 17.2. The van der Waals surface area contributed by atoms with E-state index in [2.05, 4.69) is 6.92 Å². The SMILES string of the molecule is C.C.C.C.C.C.C.C.CC1C(=O)OC(=O)C1C(CC(CC1C(C)C2CC1C1COC(=O)C21)C(=O)OC12CC3CC(CC(O)(C3)C1)C2)C(=O)OC12CC3CC(C(=O)OC(C)(C)C)(C1)CC(C(=O)OC(C)(C)C)(C3)C2. The van der Waals surface area contributed by atoms with Crippen LogP contribution in [0.1, 0.15) is 211 Å². The number of hydrogen-bond donors (Lipinski definition) is 1. The van der Waals surface area contributed by atoms with E-state index < -0.39 is 98.3 Å². The molecule has 14 unspecified atom stereocenters. The van der Waals surface area contributed by atoms with E-state index in [4.69, 9.17) is 28.4 Å². The van der Waals surface area contributed by atoms with Crippen molar-refractivity contribution in [2.75, 3.05) is 6.61 Å². The lowest BCUT2D eigenvalue weighted by Crippen LogP contribution is -2.66. The Hall–Kier alpha value is -3.55. The van der Waals surface area contributed by atoms with Crippen LogP contribution in [-0.2, 0) is 62.0 Å². The summed E-state index contributed by atoms with van der Waals surface area (Å²) in [5.41, 5.74) is -7.00. The van der Waals surface area contributed by atoms with Gasteiger partial charge in [0.05, 0.1) is 52.6 Å². The maximum atomic E-state index is 15.4. The average Bonchev–Trinajstić information content (AvgIpc) is 3.87. The molecule has 0 aromatic carbocycles. The van der Waals surface area contributed by atoms with Crippen LogP contribution in [0, 0.1) is 87.8 Å². The minimum Gasteiger partial charge on any atom is -0.465 e. The third-order valence-corrected chi connectivity index (χ3v) is 18.4. The zero-order valence-corrected chi connectivity index (χ0v) is 39.6. The number of hydrogen-bond acceptors (Lipinski definition) is 14. The molecule has 14 heteroatoms. The molecular formula is C59H102O14. The van der Waals surface area contributed by atoms with Crippen LogP contribution in [0.4, 0.5) is 0 Å². The second-order valence-electron chi connectivity index (χ2n) is 25.7. The second-order valence-corrected chi connectivity index (χ2v) is 25.7. The topological polar surface area (TPSA) is 195 Å². The molecule has 0 radical (unpaired) electrons. The molecule has 0 aromatic rings. The van der Waals surface area contributed by atoms with Crippen LogP contribution in [-0.4, -0.2) is 81.5 Å². The highest BCUT2D eigenvalue weighted by molar-refractivity contribution is 5.98. The molecule has 422 valence electrons. The van der Waals surface area contributed by atoms with E-state index in [9.17, 15) is 29.1 Å². The van der Waals surface area contributed by atoms with Crippen molar-refractivity contribution in [3.05, 3.63) is 0 Å². The van der Waals surface area contributed by atoms with E-state index in [1.54, 1.807) is 48.5 Å². The van der Waals surface area contributed by atoms with Crippen molar-refractivity contribution in [1.82, 2.24) is 0 Å². The van der Waals surface area contributed by atoms with E-state index in [0.717, 1.165) is 12.8 Å². The van der Waals surface area contributed by atoms with Gasteiger partial charge in [-0.1, -0.05) is 73.3 Å². The van der Waals surface area contributed by atoms with Crippen molar-refractivity contribution in [2.24, 2.45) is 87.8 Å². The summed E-state index contributed by atoms with van der Waals surface area (Å²) in [7, 11) is 0. The number of carbonyl (C=O) groups is 7. The molecule has 2 saturated heterocycles. The van der Waals surface area contributed by atoms with Crippen LogP contribution in [0.2, 0.25) is 0 Å². The molecule has 10 aliphatic carbocycles. The summed E-state index contributed by atoms with van der Waals surface area (Å²) in [6.07, 6.45) is 6.77. The Morgan fingerprint density at radius 2 is 1.14 bits per heavy atom. The summed E-state index contributed by atoms with van der Waals surface area (Å²) >= 11 is 0. The zero-order chi connectivity index (χ0) is 46.6. The van der Waals surface area contributed by atoms with Gasteiger partial charge in [-0.2, -0.15) is 0 Å². The Bertz CT molecular complexity index is 2020. The van der Waals surface area contributed by atoms with Crippen LogP contribution < -0.4 is 0 Å². The van der Waals surface area contributed by atoms with Gasteiger partial charge in [-0.25, -0.2) is 0 Å². The number of ether oxygens (including phenoxy) is 6. The standard InChI is InChI=1S/C51H70O14.8CH4/c1-25-31(33-12-32(25)37-35(33)20-60-41(37)55)10-30(39(53)62-50-17-27-9-28(18-50)16-49(59,15-27)24-50)11-34(36-26(2)38(52)61-42(36)56)40(54)63-51-19-29-13-47(22-51,43(57)64-45(3,4)5)21-48(14-29,23-51)44(58)65-46(6,7)8;;;;;;;;/h25-37,59H,9-24H2,1-8H3;8*1H4. The number of carbonyl (C=O) groups excluding carboxylic acids is 7. The molecule has 0 spiro atoms. The molecule has 73 heavy (non-hydrogen) atoms. The fraction of sp³-hybridized carbons (Fsp3) is 0.881.